The van der Waals surface area contributed by atoms with Crippen molar-refractivity contribution >= 4 is 23.0 Å². The van der Waals surface area contributed by atoms with Crippen LogP contribution in [0.4, 0.5) is 5.69 Å². The summed E-state index contributed by atoms with van der Waals surface area (Å²) in [6.45, 7) is 1.71. The van der Waals surface area contributed by atoms with Gasteiger partial charge in [-0.3, -0.25) is 14.6 Å². The predicted octanol–water partition coefficient (Wildman–Crippen LogP) is 3.48. The zero-order chi connectivity index (χ0) is 15.7. The SMILES string of the molecule is COc1cccc(N=C(C)C2C(=O)c3ccccc3C2=O)c1. The van der Waals surface area contributed by atoms with E-state index in [0.29, 0.717) is 28.3 Å². The monoisotopic (exact) mass is 293 g/mol. The largest absolute Gasteiger partial charge is 0.497 e. The van der Waals surface area contributed by atoms with Crippen LogP contribution in [0.5, 0.6) is 5.75 Å². The first kappa shape index (κ1) is 14.2. The molecule has 0 aliphatic heterocycles. The molecule has 4 heteroatoms. The summed E-state index contributed by atoms with van der Waals surface area (Å²) in [5, 5.41) is 0. The van der Waals surface area contributed by atoms with E-state index in [2.05, 4.69) is 4.99 Å². The quantitative estimate of drug-likeness (QED) is 0.643. The first-order chi connectivity index (χ1) is 10.6. The topological polar surface area (TPSA) is 55.7 Å². The molecule has 0 heterocycles. The van der Waals surface area contributed by atoms with Crippen LogP contribution in [0.15, 0.2) is 53.5 Å². The molecular formula is C18H15NO3. The summed E-state index contributed by atoms with van der Waals surface area (Å²) in [4.78, 5) is 29.3. The van der Waals surface area contributed by atoms with Gasteiger partial charge >= 0.3 is 0 Å². The number of carbonyl (C=O) groups excluding carboxylic acids is 2. The number of aliphatic imine (C=N–C) groups is 1. The van der Waals surface area contributed by atoms with E-state index in [1.54, 1.807) is 44.4 Å². The van der Waals surface area contributed by atoms with Crippen LogP contribution in [0.1, 0.15) is 27.6 Å². The molecule has 0 fully saturated rings. The standard InChI is InChI=1S/C18H15NO3/c1-11(19-12-6-5-7-13(10-12)22-2)16-17(20)14-8-3-4-9-15(14)18(16)21/h3-10,16H,1-2H3. The van der Waals surface area contributed by atoms with Gasteiger partial charge in [0.15, 0.2) is 11.6 Å². The zero-order valence-corrected chi connectivity index (χ0v) is 12.4. The van der Waals surface area contributed by atoms with Crippen LogP contribution in [-0.2, 0) is 0 Å². The van der Waals surface area contributed by atoms with Gasteiger partial charge in [0.2, 0.25) is 0 Å². The number of ketones is 2. The Hall–Kier alpha value is -2.75. The highest BCUT2D eigenvalue weighted by Crippen LogP contribution is 2.29. The summed E-state index contributed by atoms with van der Waals surface area (Å²) in [5.41, 5.74) is 2.13. The molecule has 0 amide bonds. The van der Waals surface area contributed by atoms with Crippen LogP contribution in [0.25, 0.3) is 0 Å². The Morgan fingerprint density at radius 1 is 1.00 bits per heavy atom. The van der Waals surface area contributed by atoms with E-state index < -0.39 is 5.92 Å². The molecule has 0 saturated carbocycles. The van der Waals surface area contributed by atoms with Crippen molar-refractivity contribution in [2.45, 2.75) is 6.92 Å². The lowest BCUT2D eigenvalue weighted by molar-refractivity contribution is 0.0883. The minimum Gasteiger partial charge on any atom is -0.497 e. The Bertz CT molecular complexity index is 757. The number of rotatable bonds is 3. The second-order valence-corrected chi connectivity index (χ2v) is 5.16. The van der Waals surface area contributed by atoms with Gasteiger partial charge in [0.1, 0.15) is 11.7 Å². The molecule has 2 aromatic carbocycles. The van der Waals surface area contributed by atoms with Crippen LogP contribution < -0.4 is 4.74 Å². The van der Waals surface area contributed by atoms with Crippen molar-refractivity contribution in [3.63, 3.8) is 0 Å². The van der Waals surface area contributed by atoms with Gasteiger partial charge in [0.05, 0.1) is 12.8 Å². The van der Waals surface area contributed by atoms with Gasteiger partial charge in [-0.05, 0) is 19.1 Å². The van der Waals surface area contributed by atoms with Crippen molar-refractivity contribution in [3.05, 3.63) is 59.7 Å². The molecule has 0 bridgehead atoms. The van der Waals surface area contributed by atoms with Crippen molar-refractivity contribution in [2.75, 3.05) is 7.11 Å². The Kier molecular flexibility index (Phi) is 3.59. The lowest BCUT2D eigenvalue weighted by atomic mass is 9.99. The van der Waals surface area contributed by atoms with Gasteiger partial charge in [-0.1, -0.05) is 30.3 Å². The van der Waals surface area contributed by atoms with Gasteiger partial charge < -0.3 is 4.74 Å². The van der Waals surface area contributed by atoms with Crippen molar-refractivity contribution in [2.24, 2.45) is 10.9 Å². The molecule has 2 aromatic rings. The molecule has 1 aliphatic carbocycles. The smallest absolute Gasteiger partial charge is 0.180 e. The van der Waals surface area contributed by atoms with Crippen molar-refractivity contribution < 1.29 is 14.3 Å². The second-order valence-electron chi connectivity index (χ2n) is 5.16. The number of benzene rings is 2. The van der Waals surface area contributed by atoms with E-state index in [4.69, 9.17) is 4.74 Å². The van der Waals surface area contributed by atoms with Gasteiger partial charge in [0, 0.05) is 22.9 Å². The average molecular weight is 293 g/mol. The fourth-order valence-corrected chi connectivity index (χ4v) is 2.67. The van der Waals surface area contributed by atoms with E-state index in [9.17, 15) is 9.59 Å². The van der Waals surface area contributed by atoms with Gasteiger partial charge in [0.25, 0.3) is 0 Å². The molecule has 110 valence electrons. The second kappa shape index (κ2) is 5.56. The van der Waals surface area contributed by atoms with Gasteiger partial charge in [-0.25, -0.2) is 0 Å². The Balaban J connectivity index is 1.96. The zero-order valence-electron chi connectivity index (χ0n) is 12.4. The number of fused-ring (bicyclic) bond motifs is 1. The maximum absolute atomic E-state index is 12.4. The predicted molar refractivity (Wildman–Crippen MR) is 84.4 cm³/mol. The fraction of sp³-hybridized carbons (Fsp3) is 0.167. The summed E-state index contributed by atoms with van der Waals surface area (Å²) in [5.74, 6) is -0.487. The summed E-state index contributed by atoms with van der Waals surface area (Å²) in [6.07, 6.45) is 0. The number of ether oxygens (including phenoxy) is 1. The van der Waals surface area contributed by atoms with Crippen LogP contribution in [0, 0.1) is 5.92 Å². The summed E-state index contributed by atoms with van der Waals surface area (Å²) < 4.78 is 5.15. The third kappa shape index (κ3) is 2.33. The number of nitrogens with zero attached hydrogens (tertiary/aromatic N) is 1. The highest BCUT2D eigenvalue weighted by atomic mass is 16.5. The lowest BCUT2D eigenvalue weighted by Gasteiger charge is -2.07. The average Bonchev–Trinajstić information content (AvgIpc) is 2.79. The Morgan fingerprint density at radius 2 is 1.64 bits per heavy atom. The van der Waals surface area contributed by atoms with Gasteiger partial charge in [-0.15, -0.1) is 0 Å². The van der Waals surface area contributed by atoms with E-state index in [0.717, 1.165) is 0 Å². The summed E-state index contributed by atoms with van der Waals surface area (Å²) in [7, 11) is 1.58. The molecule has 0 N–H and O–H groups in total. The number of hydrogen-bond acceptors (Lipinski definition) is 4. The molecule has 22 heavy (non-hydrogen) atoms. The number of methoxy groups -OCH3 is 1. The van der Waals surface area contributed by atoms with Crippen molar-refractivity contribution in [1.29, 1.82) is 0 Å². The normalized spacial score (nSPS) is 15.1. The van der Waals surface area contributed by atoms with Crippen LogP contribution in [0.3, 0.4) is 0 Å². The number of hydrogen-bond donors (Lipinski definition) is 0. The molecule has 0 saturated heterocycles. The van der Waals surface area contributed by atoms with Crippen LogP contribution in [0.2, 0.25) is 0 Å². The van der Waals surface area contributed by atoms with Crippen molar-refractivity contribution in [1.82, 2.24) is 0 Å². The molecule has 0 radical (unpaired) electrons. The third-order valence-electron chi connectivity index (χ3n) is 3.76. The minimum absolute atomic E-state index is 0.176. The molecule has 0 spiro atoms. The molecule has 0 atom stereocenters. The van der Waals surface area contributed by atoms with E-state index in [1.165, 1.54) is 0 Å². The molecule has 0 aromatic heterocycles. The van der Waals surface area contributed by atoms with Gasteiger partial charge in [-0.2, -0.15) is 0 Å². The van der Waals surface area contributed by atoms with Crippen LogP contribution >= 0.6 is 0 Å². The first-order valence-electron chi connectivity index (χ1n) is 6.98. The molecule has 4 nitrogen and oxygen atoms in total. The Labute approximate surface area is 128 Å². The first-order valence-corrected chi connectivity index (χ1v) is 6.98. The Morgan fingerprint density at radius 3 is 2.23 bits per heavy atom. The minimum atomic E-state index is -0.816. The van der Waals surface area contributed by atoms with Crippen LogP contribution in [-0.4, -0.2) is 24.4 Å². The number of Topliss-reactive ketones (excluding diaryl/α,β-unsaturated/α-hetero) is 2. The highest BCUT2D eigenvalue weighted by Gasteiger charge is 2.39. The van der Waals surface area contributed by atoms with E-state index in [1.807, 2.05) is 18.2 Å². The highest BCUT2D eigenvalue weighted by molar-refractivity contribution is 6.36. The maximum Gasteiger partial charge on any atom is 0.180 e. The van der Waals surface area contributed by atoms with Crippen molar-refractivity contribution in [3.8, 4) is 5.75 Å². The maximum atomic E-state index is 12.4. The summed E-state index contributed by atoms with van der Waals surface area (Å²) >= 11 is 0. The summed E-state index contributed by atoms with van der Waals surface area (Å²) in [6, 6.07) is 14.1. The molecular weight excluding hydrogens is 278 g/mol. The fourth-order valence-electron chi connectivity index (χ4n) is 2.67. The van der Waals surface area contributed by atoms with E-state index >= 15 is 0 Å². The third-order valence-corrected chi connectivity index (χ3v) is 3.76. The lowest BCUT2D eigenvalue weighted by Crippen LogP contribution is -2.23. The number of carbonyl (C=O) groups is 2. The molecule has 3 rings (SSSR count). The van der Waals surface area contributed by atoms with E-state index in [-0.39, 0.29) is 11.6 Å². The molecule has 0 unspecified atom stereocenters. The molecule has 1 aliphatic rings.